The van der Waals surface area contributed by atoms with Gasteiger partial charge in [-0.25, -0.2) is 4.98 Å². The number of nitrogens with zero attached hydrogens (tertiary/aromatic N) is 7. The van der Waals surface area contributed by atoms with Crippen molar-refractivity contribution in [1.29, 1.82) is 0 Å². The average molecular weight is 674 g/mol. The number of hydrogen-bond donors (Lipinski definition) is 0. The summed E-state index contributed by atoms with van der Waals surface area (Å²) in [5, 5.41) is 0. The van der Waals surface area contributed by atoms with Crippen LogP contribution in [0.1, 0.15) is 57.7 Å². The lowest BCUT2D eigenvalue weighted by Crippen LogP contribution is -2.67. The van der Waals surface area contributed by atoms with E-state index in [-0.39, 0.29) is 53.8 Å². The van der Waals surface area contributed by atoms with Crippen molar-refractivity contribution >= 4 is 5.91 Å². The number of hydrogen-bond acceptors (Lipinski definition) is 9. The highest BCUT2D eigenvalue weighted by Gasteiger charge is 2.44. The van der Waals surface area contributed by atoms with Gasteiger partial charge in [-0.15, -0.1) is 0 Å². The van der Waals surface area contributed by atoms with Crippen LogP contribution in [-0.4, -0.2) is 105 Å². The number of piperazine rings is 2. The third-order valence-corrected chi connectivity index (χ3v) is 9.48. The van der Waals surface area contributed by atoms with Gasteiger partial charge in [0.2, 0.25) is 11.8 Å². The van der Waals surface area contributed by atoms with E-state index in [0.29, 0.717) is 44.1 Å². The third kappa shape index (κ3) is 7.52. The van der Waals surface area contributed by atoms with Gasteiger partial charge in [0.05, 0.1) is 18.9 Å². The Bertz CT molecular complexity index is 1690. The topological polar surface area (TPSA) is 96.8 Å². The van der Waals surface area contributed by atoms with Crippen molar-refractivity contribution in [3.8, 4) is 11.8 Å². The maximum atomic E-state index is 13.5. The smallest absolute Gasteiger partial charge is 0.422 e. The molecule has 3 aliphatic rings. The van der Waals surface area contributed by atoms with Gasteiger partial charge in [0.15, 0.2) is 6.61 Å². The predicted octanol–water partition coefficient (Wildman–Crippen LogP) is 4.94. The molecule has 13 heteroatoms. The molecule has 1 saturated carbocycles. The fourth-order valence-corrected chi connectivity index (χ4v) is 7.13. The van der Waals surface area contributed by atoms with Gasteiger partial charge < -0.3 is 14.4 Å². The highest BCUT2D eigenvalue weighted by molar-refractivity contribution is 5.92. The van der Waals surface area contributed by atoms with E-state index in [9.17, 15) is 18.0 Å². The summed E-state index contributed by atoms with van der Waals surface area (Å²) < 4.78 is 51.2. The molecule has 0 radical (unpaired) electrons. The first-order chi connectivity index (χ1) is 23.8. The molecule has 49 heavy (non-hydrogen) atoms. The number of halogens is 3. The van der Waals surface area contributed by atoms with Crippen molar-refractivity contribution in [3.63, 3.8) is 0 Å². The Morgan fingerprint density at radius 1 is 0.918 bits per heavy atom. The van der Waals surface area contributed by atoms with E-state index in [1.54, 1.807) is 0 Å². The van der Waals surface area contributed by atoms with Crippen molar-refractivity contribution in [2.75, 3.05) is 46.4 Å². The molecular weight excluding hydrogens is 635 g/mol. The van der Waals surface area contributed by atoms with E-state index in [1.165, 1.54) is 25.7 Å². The molecule has 3 fully saturated rings. The quantitative estimate of drug-likeness (QED) is 0.232. The van der Waals surface area contributed by atoms with Gasteiger partial charge in [0.25, 0.3) is 5.91 Å². The van der Waals surface area contributed by atoms with Crippen molar-refractivity contribution in [3.05, 3.63) is 107 Å². The molecule has 1 aliphatic carbocycles. The van der Waals surface area contributed by atoms with Gasteiger partial charge in [-0.2, -0.15) is 23.1 Å². The maximum absolute atomic E-state index is 13.5. The molecule has 0 unspecified atom stereocenters. The van der Waals surface area contributed by atoms with Crippen LogP contribution in [0.15, 0.2) is 79.3 Å². The zero-order valence-electron chi connectivity index (χ0n) is 27.2. The Kier molecular flexibility index (Phi) is 9.46. The first-order valence-corrected chi connectivity index (χ1v) is 16.5. The van der Waals surface area contributed by atoms with Crippen LogP contribution >= 0.6 is 0 Å². The number of carbonyl (C=O) groups excluding carboxylic acids is 1. The fraction of sp³-hybridized carbons (Fsp3) is 0.417. The van der Waals surface area contributed by atoms with Crippen LogP contribution in [-0.2, 0) is 6.54 Å². The second-order valence-electron chi connectivity index (χ2n) is 12.8. The minimum absolute atomic E-state index is 0.0220. The Balaban J connectivity index is 1.25. The Labute approximate surface area is 282 Å². The monoisotopic (exact) mass is 673 g/mol. The van der Waals surface area contributed by atoms with E-state index in [0.717, 1.165) is 24.0 Å². The highest BCUT2D eigenvalue weighted by Crippen LogP contribution is 2.42. The van der Waals surface area contributed by atoms with E-state index in [1.807, 2.05) is 41.3 Å². The first-order valence-electron chi connectivity index (χ1n) is 16.5. The van der Waals surface area contributed by atoms with Gasteiger partial charge in [0, 0.05) is 75.6 Å². The molecule has 0 N–H and O–H groups in total. The summed E-state index contributed by atoms with van der Waals surface area (Å²) in [7, 11) is 1.47. The molecule has 0 bridgehead atoms. The van der Waals surface area contributed by atoms with Crippen LogP contribution in [0.2, 0.25) is 0 Å². The second kappa shape index (κ2) is 14.1. The number of amides is 1. The van der Waals surface area contributed by atoms with Gasteiger partial charge in [-0.1, -0.05) is 60.7 Å². The molecule has 10 nitrogen and oxygen atoms in total. The summed E-state index contributed by atoms with van der Waals surface area (Å²) in [5.41, 5.74) is 2.97. The molecule has 1 amide bonds. The molecular formula is C36H38F3N7O3. The molecule has 4 aromatic rings. The molecule has 2 saturated heterocycles. The molecule has 2 aromatic heterocycles. The molecule has 0 spiro atoms. The van der Waals surface area contributed by atoms with Gasteiger partial charge in [0.1, 0.15) is 11.5 Å². The average Bonchev–Trinajstić information content (AvgIpc) is 3.98. The maximum Gasteiger partial charge on any atom is 0.422 e. The zero-order valence-corrected chi connectivity index (χ0v) is 27.2. The molecule has 2 atom stereocenters. The number of fused-ring (bicyclic) bond motifs is 1. The van der Waals surface area contributed by atoms with Gasteiger partial charge in [-0.3, -0.25) is 19.6 Å². The van der Waals surface area contributed by atoms with Crippen LogP contribution in [0, 0.1) is 0 Å². The van der Waals surface area contributed by atoms with Crippen LogP contribution in [0.3, 0.4) is 0 Å². The summed E-state index contributed by atoms with van der Waals surface area (Å²) in [4.78, 5) is 37.5. The molecule has 2 aromatic carbocycles. The normalized spacial score (nSPS) is 20.2. The summed E-state index contributed by atoms with van der Waals surface area (Å²) in [6, 6.07) is 20.6. The van der Waals surface area contributed by atoms with Crippen molar-refractivity contribution in [1.82, 2.24) is 34.6 Å². The van der Waals surface area contributed by atoms with Crippen LogP contribution < -0.4 is 9.47 Å². The Morgan fingerprint density at radius 2 is 1.61 bits per heavy atom. The van der Waals surface area contributed by atoms with E-state index < -0.39 is 12.8 Å². The van der Waals surface area contributed by atoms with Crippen LogP contribution in [0.4, 0.5) is 13.2 Å². The summed E-state index contributed by atoms with van der Waals surface area (Å²) in [5.74, 6) is 0.444. The number of benzene rings is 2. The van der Waals surface area contributed by atoms with E-state index in [2.05, 4.69) is 54.0 Å². The van der Waals surface area contributed by atoms with Crippen molar-refractivity contribution in [2.24, 2.45) is 0 Å². The number of carbonyl (C=O) groups is 1. The van der Waals surface area contributed by atoms with Crippen LogP contribution in [0.5, 0.6) is 11.8 Å². The molecule has 7 rings (SSSR count). The van der Waals surface area contributed by atoms with Crippen molar-refractivity contribution < 1.29 is 27.4 Å². The standard InChI is InChI=1S/C36H38F3N7O3/c1-48-33-28(34(49-23-36(37,38)39)43-32(42-33)26-12-13-26)21-44-19-27-20-45(35(47)29-18-40-14-15-41-29)16-17-46(27)30(22-44)31(24-8-4-2-5-9-24)25-10-6-3-7-11-25/h2-11,14-15,18,26-27,30-31H,12-13,16-17,19-23H2,1H3/t27-,30+/m1/s1. The number of aromatic nitrogens is 4. The fourth-order valence-electron chi connectivity index (χ4n) is 7.13. The zero-order chi connectivity index (χ0) is 34.0. The minimum Gasteiger partial charge on any atom is -0.481 e. The number of methoxy groups -OCH3 is 1. The number of alkyl halides is 3. The van der Waals surface area contributed by atoms with E-state index >= 15 is 0 Å². The molecule has 256 valence electrons. The summed E-state index contributed by atoms with van der Waals surface area (Å²) >= 11 is 0. The Hall–Kier alpha value is -4.62. The third-order valence-electron chi connectivity index (χ3n) is 9.48. The number of ether oxygens (including phenoxy) is 2. The lowest BCUT2D eigenvalue weighted by Gasteiger charge is -2.53. The van der Waals surface area contributed by atoms with Crippen LogP contribution in [0.25, 0.3) is 0 Å². The highest BCUT2D eigenvalue weighted by atomic mass is 19.4. The summed E-state index contributed by atoms with van der Waals surface area (Å²) in [6.07, 6.45) is 1.73. The SMILES string of the molecule is COc1nc(C2CC2)nc(OCC(F)(F)F)c1CN1C[C@@H]2CN(C(=O)c3cnccn3)CCN2[C@H](C(c2ccccc2)c2ccccc2)C1. The van der Waals surface area contributed by atoms with Gasteiger partial charge >= 0.3 is 6.18 Å². The largest absolute Gasteiger partial charge is 0.481 e. The molecule has 4 heterocycles. The number of rotatable bonds is 10. The van der Waals surface area contributed by atoms with E-state index in [4.69, 9.17) is 9.47 Å². The van der Waals surface area contributed by atoms with Crippen molar-refractivity contribution in [2.45, 2.75) is 49.5 Å². The summed E-state index contributed by atoms with van der Waals surface area (Å²) in [6.45, 7) is 1.50. The first kappa shape index (κ1) is 32.9. The lowest BCUT2D eigenvalue weighted by molar-refractivity contribution is -0.154. The minimum atomic E-state index is -4.54. The molecule has 2 aliphatic heterocycles. The second-order valence-corrected chi connectivity index (χ2v) is 12.8. The Morgan fingerprint density at radius 3 is 2.22 bits per heavy atom. The van der Waals surface area contributed by atoms with Gasteiger partial charge in [-0.05, 0) is 24.0 Å². The predicted molar refractivity (Wildman–Crippen MR) is 174 cm³/mol. The lowest BCUT2D eigenvalue weighted by atomic mass is 9.81.